The van der Waals surface area contributed by atoms with E-state index in [4.69, 9.17) is 31.3 Å². The van der Waals surface area contributed by atoms with E-state index in [1.165, 1.54) is 0 Å². The molecule has 0 heterocycles. The third kappa shape index (κ3) is 300. The normalized spacial score (nSPS) is 8.33. The fraction of sp³-hybridized carbons (Fsp3) is 0.714. The molecule has 0 aliphatic heterocycles. The summed E-state index contributed by atoms with van der Waals surface area (Å²) >= 11 is 0. The van der Waals surface area contributed by atoms with Crippen LogP contribution in [0.4, 0.5) is 0 Å². The van der Waals surface area contributed by atoms with E-state index in [0.717, 1.165) is 13.8 Å². The van der Waals surface area contributed by atoms with Crippen LogP contribution in [0.2, 0.25) is 0 Å². The molecule has 1 atom stereocenters. The summed E-state index contributed by atoms with van der Waals surface area (Å²) in [6, 6.07) is 0.162. The smallest absolute Gasteiger partial charge is 0.550 e. The van der Waals surface area contributed by atoms with Crippen LogP contribution >= 0.6 is 0 Å². The third-order valence-electron chi connectivity index (χ3n) is 0.372. The Morgan fingerprint density at radius 2 is 1.20 bits per heavy atom. The van der Waals surface area contributed by atoms with Gasteiger partial charge in [-0.1, -0.05) is 0 Å². The summed E-state index contributed by atoms with van der Waals surface area (Å²) in [6.07, 6.45) is 0. The molecule has 0 aromatic carbocycles. The Balaban J connectivity index is -0.0000000315. The van der Waals surface area contributed by atoms with Crippen LogP contribution in [0.25, 0.3) is 0 Å². The largest absolute Gasteiger partial charge is 1.00 e. The summed E-state index contributed by atoms with van der Waals surface area (Å²) in [5, 5.41) is 17.8. The molecule has 0 aliphatic carbocycles. The first-order valence-corrected chi connectivity index (χ1v) is 3.54. The zero-order valence-corrected chi connectivity index (χ0v) is 14.1. The summed E-state index contributed by atoms with van der Waals surface area (Å²) < 4.78 is 0. The first-order chi connectivity index (χ1) is 5.73. The number of carboxylic acids is 2. The van der Waals surface area contributed by atoms with E-state index < -0.39 is 11.9 Å². The molecule has 0 aromatic rings. The second kappa shape index (κ2) is 24.2. The average Bonchev–Trinajstić information content (AvgIpc) is 1.84. The van der Waals surface area contributed by atoms with E-state index in [2.05, 4.69) is 0 Å². The first kappa shape index (κ1) is 29.7. The molecule has 0 aliphatic rings. The number of aliphatic carboxylic acids is 2. The summed E-state index contributed by atoms with van der Waals surface area (Å²) in [7, 11) is 0. The fourth-order valence-corrected chi connectivity index (χ4v) is 0. The van der Waals surface area contributed by atoms with Crippen molar-refractivity contribution in [3.63, 3.8) is 0 Å². The fourth-order valence-electron chi connectivity index (χ4n) is 0. The molecule has 0 fully saturated rings. The van der Waals surface area contributed by atoms with Crippen molar-refractivity contribution < 1.29 is 78.9 Å². The number of rotatable bonds is 1. The Hall–Kier alpha value is 0.860. The Bertz CT molecular complexity index is 125. The molecule has 6 nitrogen and oxygen atoms in total. The van der Waals surface area contributed by atoms with Crippen LogP contribution in [0.5, 0.6) is 0 Å². The molecule has 80 valence electrons. The van der Waals surface area contributed by atoms with Gasteiger partial charge in [-0.3, -0.25) is 0 Å². The van der Waals surface area contributed by atoms with Gasteiger partial charge in [-0.25, -0.2) is 0 Å². The van der Waals surface area contributed by atoms with Gasteiger partial charge in [0.15, 0.2) is 0 Å². The molecule has 0 spiro atoms. The van der Waals surface area contributed by atoms with Crippen LogP contribution in [-0.2, 0) is 9.59 Å². The van der Waals surface area contributed by atoms with Crippen molar-refractivity contribution in [1.29, 1.82) is 0 Å². The van der Waals surface area contributed by atoms with Crippen molar-refractivity contribution in [2.45, 2.75) is 26.8 Å². The molecule has 15 heavy (non-hydrogen) atoms. The van der Waals surface area contributed by atoms with Crippen molar-refractivity contribution in [2.24, 2.45) is 11.5 Å². The summed E-state index contributed by atoms with van der Waals surface area (Å²) in [4.78, 5) is 17.8. The molecular weight excluding hydrogens is 222 g/mol. The second-order valence-electron chi connectivity index (χ2n) is 2.20. The molecule has 4 N–H and O–H groups in total. The molecule has 0 amide bonds. The number of carbonyl (C=O) groups excluding carboxylic acids is 2. The van der Waals surface area contributed by atoms with Crippen molar-refractivity contribution in [2.75, 3.05) is 6.54 Å². The van der Waals surface area contributed by atoms with E-state index in [-0.39, 0.29) is 65.2 Å². The molecule has 1 unspecified atom stereocenters. The van der Waals surface area contributed by atoms with Gasteiger partial charge in [0.25, 0.3) is 0 Å². The van der Waals surface area contributed by atoms with Gasteiger partial charge in [0.05, 0.1) is 0 Å². The zero-order chi connectivity index (χ0) is 11.4. The summed E-state index contributed by atoms with van der Waals surface area (Å²) in [5.41, 5.74) is 10.2. The maximum absolute atomic E-state index is 8.89. The first-order valence-electron chi connectivity index (χ1n) is 3.54. The standard InChI is InChI=1S/C3H10N2.2C2H4O2.2Na/c1-3(5)2-4;2*1-2(3)4;;/h3H,2,4-5H2,1H3;2*1H3,(H,3,4);;/q;;;2*+1/p-2. The SMILES string of the molecule is CC(=O)[O-].CC(=O)[O-].CC(N)CN.[Na+].[Na+]. The van der Waals surface area contributed by atoms with Crippen molar-refractivity contribution in [3.8, 4) is 0 Å². The predicted molar refractivity (Wildman–Crippen MR) is 44.1 cm³/mol. The minimum atomic E-state index is -1.08. The maximum atomic E-state index is 8.89. The zero-order valence-electron chi connectivity index (χ0n) is 10.1. The number of nitrogens with two attached hydrogens (primary N) is 2. The van der Waals surface area contributed by atoms with Crippen LogP contribution in [0, 0.1) is 0 Å². The van der Waals surface area contributed by atoms with Gasteiger partial charge in [0, 0.05) is 24.5 Å². The van der Waals surface area contributed by atoms with Gasteiger partial charge in [0.1, 0.15) is 0 Å². The average molecular weight is 238 g/mol. The topological polar surface area (TPSA) is 132 Å². The Kier molecular flexibility index (Phi) is 47.9. The predicted octanol–water partition coefficient (Wildman–Crippen LogP) is -9.19. The molecule has 0 rings (SSSR count). The number of carboxylic acid groups (broad SMARTS) is 2. The summed E-state index contributed by atoms with van der Waals surface area (Å²) in [6.45, 7) is 4.40. The van der Waals surface area contributed by atoms with Gasteiger partial charge in [-0.15, -0.1) is 0 Å². The third-order valence-corrected chi connectivity index (χ3v) is 0.372. The second-order valence-corrected chi connectivity index (χ2v) is 2.20. The van der Waals surface area contributed by atoms with Crippen molar-refractivity contribution in [3.05, 3.63) is 0 Å². The van der Waals surface area contributed by atoms with E-state index in [9.17, 15) is 0 Å². The minimum absolute atomic E-state index is 0. The van der Waals surface area contributed by atoms with Crippen LogP contribution in [0.1, 0.15) is 20.8 Å². The molecule has 0 saturated heterocycles. The van der Waals surface area contributed by atoms with Gasteiger partial charge in [-0.2, -0.15) is 0 Å². The molecule has 0 saturated carbocycles. The Morgan fingerprint density at radius 1 is 1.13 bits per heavy atom. The van der Waals surface area contributed by atoms with Crippen LogP contribution in [0.15, 0.2) is 0 Å². The van der Waals surface area contributed by atoms with E-state index in [0.29, 0.717) is 6.54 Å². The number of hydrogen-bond acceptors (Lipinski definition) is 6. The van der Waals surface area contributed by atoms with Crippen LogP contribution in [0.3, 0.4) is 0 Å². The Labute approximate surface area is 134 Å². The van der Waals surface area contributed by atoms with E-state index in [1.807, 2.05) is 6.92 Å². The summed E-state index contributed by atoms with van der Waals surface area (Å²) in [5.74, 6) is -2.17. The van der Waals surface area contributed by atoms with Crippen LogP contribution < -0.4 is 80.8 Å². The molecule has 0 bridgehead atoms. The van der Waals surface area contributed by atoms with E-state index >= 15 is 0 Å². The molecule has 0 aromatic heterocycles. The maximum Gasteiger partial charge on any atom is 1.00 e. The molecule has 8 heteroatoms. The van der Waals surface area contributed by atoms with E-state index in [1.54, 1.807) is 0 Å². The van der Waals surface area contributed by atoms with Gasteiger partial charge in [0.2, 0.25) is 0 Å². The van der Waals surface area contributed by atoms with Crippen LogP contribution in [-0.4, -0.2) is 24.5 Å². The molecular formula is C7H16N2Na2O4. The Morgan fingerprint density at radius 3 is 1.20 bits per heavy atom. The van der Waals surface area contributed by atoms with Crippen molar-refractivity contribution in [1.82, 2.24) is 0 Å². The monoisotopic (exact) mass is 238 g/mol. The van der Waals surface area contributed by atoms with Gasteiger partial charge < -0.3 is 31.3 Å². The quantitative estimate of drug-likeness (QED) is 0.436. The van der Waals surface area contributed by atoms with Crippen molar-refractivity contribution >= 4 is 11.9 Å². The van der Waals surface area contributed by atoms with Gasteiger partial charge >= 0.3 is 59.1 Å². The number of carbonyl (C=O) groups is 2. The molecule has 0 radical (unpaired) electrons. The number of hydrogen-bond donors (Lipinski definition) is 2. The van der Waals surface area contributed by atoms with Gasteiger partial charge in [-0.05, 0) is 20.8 Å². The minimum Gasteiger partial charge on any atom is -0.550 e.